The first-order valence-electron chi connectivity index (χ1n) is 6.63. The summed E-state index contributed by atoms with van der Waals surface area (Å²) in [4.78, 5) is 12.5. The Labute approximate surface area is 116 Å². The van der Waals surface area contributed by atoms with Crippen molar-refractivity contribution in [2.24, 2.45) is 0 Å². The van der Waals surface area contributed by atoms with Crippen molar-refractivity contribution in [1.29, 1.82) is 5.26 Å². The number of likely N-dealkylation sites (tertiary alicyclic amines) is 1. The first-order chi connectivity index (χ1) is 8.58. The molecule has 0 aromatic carbocycles. The quantitative estimate of drug-likeness (QED) is 0.808. The van der Waals surface area contributed by atoms with E-state index >= 15 is 0 Å². The summed E-state index contributed by atoms with van der Waals surface area (Å²) in [6.45, 7) is 11.2. The van der Waals surface area contributed by atoms with Gasteiger partial charge in [0.2, 0.25) is 0 Å². The largest absolute Gasteiger partial charge is 0.465 e. The molecule has 6 heteroatoms. The van der Waals surface area contributed by atoms with Gasteiger partial charge in [-0.15, -0.1) is 0 Å². The van der Waals surface area contributed by atoms with E-state index in [9.17, 15) is 4.79 Å². The molecule has 0 saturated carbocycles. The zero-order valence-corrected chi connectivity index (χ0v) is 13.4. The molecule has 0 unspecified atom stereocenters. The molecule has 0 aromatic rings. The zero-order valence-electron chi connectivity index (χ0n) is 12.4. The van der Waals surface area contributed by atoms with Crippen molar-refractivity contribution in [2.45, 2.75) is 63.9 Å². The van der Waals surface area contributed by atoms with Crippen molar-refractivity contribution in [3.63, 3.8) is 0 Å². The van der Waals surface area contributed by atoms with Crippen molar-refractivity contribution in [2.75, 3.05) is 6.54 Å². The lowest BCUT2D eigenvalue weighted by Crippen LogP contribution is -2.44. The molecule has 0 aliphatic carbocycles. The lowest BCUT2D eigenvalue weighted by molar-refractivity contribution is 0.133. The van der Waals surface area contributed by atoms with Crippen LogP contribution in [0, 0.1) is 11.3 Å². The molecule has 0 bridgehead atoms. The van der Waals surface area contributed by atoms with E-state index < -0.39 is 14.4 Å². The van der Waals surface area contributed by atoms with Gasteiger partial charge in [-0.1, -0.05) is 20.8 Å². The summed E-state index contributed by atoms with van der Waals surface area (Å²) in [7, 11) is -1.89. The molecule has 0 aromatic heterocycles. The van der Waals surface area contributed by atoms with Crippen molar-refractivity contribution < 1.29 is 14.3 Å². The third-order valence-electron chi connectivity index (χ3n) is 4.22. The van der Waals surface area contributed by atoms with Crippen LogP contribution in [-0.4, -0.2) is 43.1 Å². The average molecular weight is 284 g/mol. The maximum atomic E-state index is 11.2. The number of rotatable bonds is 3. The van der Waals surface area contributed by atoms with Crippen LogP contribution in [0.2, 0.25) is 18.1 Å². The summed E-state index contributed by atoms with van der Waals surface area (Å²) in [5, 5.41) is 18.0. The fourth-order valence-electron chi connectivity index (χ4n) is 2.09. The maximum absolute atomic E-state index is 11.2. The van der Waals surface area contributed by atoms with Crippen molar-refractivity contribution in [3.8, 4) is 6.07 Å². The summed E-state index contributed by atoms with van der Waals surface area (Å²) in [6.07, 6.45) is -0.160. The van der Waals surface area contributed by atoms with E-state index in [0.29, 0.717) is 13.0 Å². The first kappa shape index (κ1) is 16.0. The number of amides is 1. The summed E-state index contributed by atoms with van der Waals surface area (Å²) >= 11 is 0. The Bertz CT molecular complexity index is 384. The fourth-order valence-corrected chi connectivity index (χ4v) is 3.44. The van der Waals surface area contributed by atoms with Crippen LogP contribution in [-0.2, 0) is 4.43 Å². The number of carboxylic acid groups (broad SMARTS) is 1. The number of nitriles is 1. The molecule has 2 atom stereocenters. The average Bonchev–Trinajstić information content (AvgIpc) is 2.59. The maximum Gasteiger partial charge on any atom is 0.407 e. The van der Waals surface area contributed by atoms with E-state index in [1.807, 2.05) is 0 Å². The fraction of sp³-hybridized carbons (Fsp3) is 0.846. The van der Waals surface area contributed by atoms with E-state index in [0.717, 1.165) is 0 Å². The summed E-state index contributed by atoms with van der Waals surface area (Å²) < 4.78 is 6.24. The minimum atomic E-state index is -1.89. The second-order valence-electron chi connectivity index (χ2n) is 6.69. The van der Waals surface area contributed by atoms with E-state index in [4.69, 9.17) is 14.8 Å². The van der Waals surface area contributed by atoms with Crippen molar-refractivity contribution >= 4 is 14.4 Å². The molecule has 1 heterocycles. The lowest BCUT2D eigenvalue weighted by Gasteiger charge is -2.38. The SMILES string of the molecule is CC(C)(C)[Si](C)(C)O[C@@H]1C[C@@H](CC#N)N(C(=O)O)C1. The summed E-state index contributed by atoms with van der Waals surface area (Å²) in [6, 6.07) is 1.83. The topological polar surface area (TPSA) is 73.6 Å². The van der Waals surface area contributed by atoms with Gasteiger partial charge in [-0.05, 0) is 24.6 Å². The van der Waals surface area contributed by atoms with Gasteiger partial charge in [-0.3, -0.25) is 0 Å². The van der Waals surface area contributed by atoms with Gasteiger partial charge in [0.15, 0.2) is 8.32 Å². The number of nitrogens with zero attached hydrogens (tertiary/aromatic N) is 2. The Kier molecular flexibility index (Phi) is 4.64. The van der Waals surface area contributed by atoms with Crippen molar-refractivity contribution in [3.05, 3.63) is 0 Å². The van der Waals surface area contributed by atoms with E-state index in [2.05, 4.69) is 39.9 Å². The molecular weight excluding hydrogens is 260 g/mol. The highest BCUT2D eigenvalue weighted by molar-refractivity contribution is 6.74. The first-order valence-corrected chi connectivity index (χ1v) is 9.53. The van der Waals surface area contributed by atoms with E-state index in [1.165, 1.54) is 4.90 Å². The molecule has 1 aliphatic heterocycles. The van der Waals surface area contributed by atoms with Crippen LogP contribution in [0.15, 0.2) is 0 Å². The third-order valence-corrected chi connectivity index (χ3v) is 8.75. The molecule has 0 radical (unpaired) electrons. The predicted octanol–water partition coefficient (Wildman–Crippen LogP) is 3.04. The monoisotopic (exact) mass is 284 g/mol. The Morgan fingerprint density at radius 2 is 2.11 bits per heavy atom. The second-order valence-corrected chi connectivity index (χ2v) is 11.4. The second kappa shape index (κ2) is 5.51. The summed E-state index contributed by atoms with van der Waals surface area (Å²) in [5.74, 6) is 0. The number of hydrogen-bond acceptors (Lipinski definition) is 3. The van der Waals surface area contributed by atoms with Crippen LogP contribution >= 0.6 is 0 Å². The zero-order chi connectivity index (χ0) is 14.8. The van der Waals surface area contributed by atoms with Crippen LogP contribution in [0.1, 0.15) is 33.6 Å². The Morgan fingerprint density at radius 1 is 1.53 bits per heavy atom. The van der Waals surface area contributed by atoms with Gasteiger partial charge in [-0.2, -0.15) is 5.26 Å². The third kappa shape index (κ3) is 3.70. The van der Waals surface area contributed by atoms with Gasteiger partial charge in [-0.25, -0.2) is 4.79 Å². The van der Waals surface area contributed by atoms with Crippen LogP contribution in [0.3, 0.4) is 0 Å². The van der Waals surface area contributed by atoms with Gasteiger partial charge in [0.05, 0.1) is 24.6 Å². The molecule has 1 aliphatic rings. The molecule has 1 N–H and O–H groups in total. The smallest absolute Gasteiger partial charge is 0.407 e. The normalized spacial score (nSPS) is 24.3. The minimum absolute atomic E-state index is 0.0738. The van der Waals surface area contributed by atoms with Gasteiger partial charge < -0.3 is 14.4 Å². The predicted molar refractivity (Wildman–Crippen MR) is 75.4 cm³/mol. The van der Waals surface area contributed by atoms with Gasteiger partial charge in [0.1, 0.15) is 0 Å². The van der Waals surface area contributed by atoms with Crippen molar-refractivity contribution in [1.82, 2.24) is 4.90 Å². The minimum Gasteiger partial charge on any atom is -0.465 e. The van der Waals surface area contributed by atoms with Crippen LogP contribution in [0.4, 0.5) is 4.79 Å². The van der Waals surface area contributed by atoms with Gasteiger partial charge in [0.25, 0.3) is 0 Å². The molecule has 108 valence electrons. The van der Waals surface area contributed by atoms with Gasteiger partial charge >= 0.3 is 6.09 Å². The molecule has 19 heavy (non-hydrogen) atoms. The number of hydrogen-bond donors (Lipinski definition) is 1. The molecular formula is C13H24N2O3Si. The lowest BCUT2D eigenvalue weighted by atomic mass is 10.1. The molecule has 5 nitrogen and oxygen atoms in total. The van der Waals surface area contributed by atoms with E-state index in [-0.39, 0.29) is 23.6 Å². The van der Waals surface area contributed by atoms with Gasteiger partial charge in [0, 0.05) is 6.54 Å². The highest BCUT2D eigenvalue weighted by Crippen LogP contribution is 2.39. The Morgan fingerprint density at radius 3 is 2.53 bits per heavy atom. The highest BCUT2D eigenvalue weighted by atomic mass is 28.4. The number of carbonyl (C=O) groups is 1. The summed E-state index contributed by atoms with van der Waals surface area (Å²) in [5.41, 5.74) is 0. The molecule has 0 spiro atoms. The highest BCUT2D eigenvalue weighted by Gasteiger charge is 2.43. The Balaban J connectivity index is 2.73. The van der Waals surface area contributed by atoms with E-state index in [1.54, 1.807) is 0 Å². The van der Waals surface area contributed by atoms with Crippen LogP contribution < -0.4 is 0 Å². The van der Waals surface area contributed by atoms with Crippen LogP contribution in [0.25, 0.3) is 0 Å². The Hall–Kier alpha value is -1.06. The van der Waals surface area contributed by atoms with Crippen LogP contribution in [0.5, 0.6) is 0 Å². The molecule has 1 fully saturated rings. The molecule has 1 saturated heterocycles. The standard InChI is InChI=1S/C13H24N2O3Si/c1-13(2,3)19(4,5)18-11-8-10(6-7-14)15(9-11)12(16)17/h10-11H,6,8-9H2,1-5H3,(H,16,17)/t10-,11-/m1/s1. The molecule has 1 amide bonds. The molecule has 1 rings (SSSR count).